The van der Waals surface area contributed by atoms with Crippen molar-refractivity contribution in [1.29, 1.82) is 0 Å². The van der Waals surface area contributed by atoms with Crippen molar-refractivity contribution < 1.29 is 19.0 Å². The summed E-state index contributed by atoms with van der Waals surface area (Å²) < 4.78 is 15.0. The Labute approximate surface area is 97.2 Å². The fourth-order valence-corrected chi connectivity index (χ4v) is 1.24. The predicted molar refractivity (Wildman–Crippen MR) is 61.2 cm³/mol. The lowest BCUT2D eigenvalue weighted by atomic mass is 9.98. The standard InChI is InChI=1S/C11H23NO4/c1-4-15-8-9-16-7-5-6-11(2,12)10(13)14-3/h4-9,12H2,1-3H3. The molecule has 16 heavy (non-hydrogen) atoms. The van der Waals surface area contributed by atoms with Crippen LogP contribution in [0.2, 0.25) is 0 Å². The molecular weight excluding hydrogens is 210 g/mol. The van der Waals surface area contributed by atoms with Crippen molar-refractivity contribution in [2.45, 2.75) is 32.2 Å². The molecule has 96 valence electrons. The summed E-state index contributed by atoms with van der Waals surface area (Å²) in [4.78, 5) is 11.2. The maximum absolute atomic E-state index is 11.2. The molecule has 0 spiro atoms. The van der Waals surface area contributed by atoms with Gasteiger partial charge in [-0.1, -0.05) is 0 Å². The quantitative estimate of drug-likeness (QED) is 0.469. The molecule has 0 radical (unpaired) electrons. The first kappa shape index (κ1) is 15.3. The van der Waals surface area contributed by atoms with E-state index in [-0.39, 0.29) is 5.97 Å². The second-order valence-corrected chi connectivity index (χ2v) is 3.82. The minimum absolute atomic E-state index is 0.387. The van der Waals surface area contributed by atoms with E-state index in [9.17, 15) is 4.79 Å². The van der Waals surface area contributed by atoms with E-state index in [1.54, 1.807) is 6.92 Å². The summed E-state index contributed by atoms with van der Waals surface area (Å²) in [5.74, 6) is -0.387. The van der Waals surface area contributed by atoms with Crippen LogP contribution in [-0.2, 0) is 19.0 Å². The zero-order chi connectivity index (χ0) is 12.4. The van der Waals surface area contributed by atoms with Crippen LogP contribution >= 0.6 is 0 Å². The molecule has 0 amide bonds. The highest BCUT2D eigenvalue weighted by atomic mass is 16.5. The monoisotopic (exact) mass is 233 g/mol. The van der Waals surface area contributed by atoms with Gasteiger partial charge in [0, 0.05) is 13.2 Å². The molecule has 1 atom stereocenters. The molecule has 0 aliphatic carbocycles. The molecule has 1 unspecified atom stereocenters. The molecule has 0 rings (SSSR count). The summed E-state index contributed by atoms with van der Waals surface area (Å²) in [6.45, 7) is 6.07. The summed E-state index contributed by atoms with van der Waals surface area (Å²) in [6.07, 6.45) is 1.28. The molecule has 0 saturated heterocycles. The Morgan fingerprint density at radius 2 is 1.88 bits per heavy atom. The smallest absolute Gasteiger partial charge is 0.325 e. The third-order valence-corrected chi connectivity index (χ3v) is 2.21. The van der Waals surface area contributed by atoms with Crippen LogP contribution in [0.1, 0.15) is 26.7 Å². The highest BCUT2D eigenvalue weighted by Crippen LogP contribution is 2.10. The zero-order valence-corrected chi connectivity index (χ0v) is 10.5. The van der Waals surface area contributed by atoms with Crippen molar-refractivity contribution in [3.63, 3.8) is 0 Å². The van der Waals surface area contributed by atoms with E-state index in [0.717, 1.165) is 6.42 Å². The molecule has 5 nitrogen and oxygen atoms in total. The van der Waals surface area contributed by atoms with Gasteiger partial charge in [-0.05, 0) is 26.7 Å². The van der Waals surface area contributed by atoms with Crippen molar-refractivity contribution in [2.75, 3.05) is 33.5 Å². The van der Waals surface area contributed by atoms with Gasteiger partial charge in [-0.25, -0.2) is 0 Å². The first-order valence-corrected chi connectivity index (χ1v) is 5.57. The lowest BCUT2D eigenvalue weighted by Gasteiger charge is -2.20. The van der Waals surface area contributed by atoms with Crippen molar-refractivity contribution >= 4 is 5.97 Å². The van der Waals surface area contributed by atoms with Crippen LogP contribution in [0.5, 0.6) is 0 Å². The number of carbonyl (C=O) groups excluding carboxylic acids is 1. The van der Waals surface area contributed by atoms with E-state index in [0.29, 0.717) is 32.8 Å². The molecule has 5 heteroatoms. The van der Waals surface area contributed by atoms with Crippen LogP contribution in [0.3, 0.4) is 0 Å². The van der Waals surface area contributed by atoms with Gasteiger partial charge in [-0.3, -0.25) is 4.79 Å². The molecule has 0 fully saturated rings. The molecule has 2 N–H and O–H groups in total. The van der Waals surface area contributed by atoms with Gasteiger partial charge in [0.1, 0.15) is 5.54 Å². The van der Waals surface area contributed by atoms with E-state index in [4.69, 9.17) is 15.2 Å². The zero-order valence-electron chi connectivity index (χ0n) is 10.5. The van der Waals surface area contributed by atoms with Crippen molar-refractivity contribution in [1.82, 2.24) is 0 Å². The van der Waals surface area contributed by atoms with Crippen molar-refractivity contribution in [3.8, 4) is 0 Å². The first-order valence-electron chi connectivity index (χ1n) is 5.57. The normalized spacial score (nSPS) is 14.5. The molecule has 0 aliphatic heterocycles. The molecule has 0 saturated carbocycles. The van der Waals surface area contributed by atoms with Gasteiger partial charge in [-0.15, -0.1) is 0 Å². The van der Waals surface area contributed by atoms with E-state index in [2.05, 4.69) is 4.74 Å². The average molecular weight is 233 g/mol. The highest BCUT2D eigenvalue weighted by Gasteiger charge is 2.28. The van der Waals surface area contributed by atoms with Crippen LogP contribution in [0.4, 0.5) is 0 Å². The molecule has 0 aromatic carbocycles. The maximum atomic E-state index is 11.2. The fraction of sp³-hybridized carbons (Fsp3) is 0.909. The van der Waals surface area contributed by atoms with Crippen LogP contribution in [-0.4, -0.2) is 45.0 Å². The van der Waals surface area contributed by atoms with Gasteiger partial charge in [0.15, 0.2) is 0 Å². The third-order valence-electron chi connectivity index (χ3n) is 2.21. The number of hydrogen-bond acceptors (Lipinski definition) is 5. The molecule has 0 aliphatic rings. The minimum atomic E-state index is -0.919. The van der Waals surface area contributed by atoms with E-state index in [1.807, 2.05) is 6.92 Å². The first-order chi connectivity index (χ1) is 7.54. The topological polar surface area (TPSA) is 70.8 Å². The third kappa shape index (κ3) is 6.76. The summed E-state index contributed by atoms with van der Waals surface area (Å²) in [5.41, 5.74) is 4.86. The van der Waals surface area contributed by atoms with Gasteiger partial charge in [0.2, 0.25) is 0 Å². The van der Waals surface area contributed by atoms with Gasteiger partial charge >= 0.3 is 5.97 Å². The predicted octanol–water partition coefficient (Wildman–Crippen LogP) is 0.710. The highest BCUT2D eigenvalue weighted by molar-refractivity contribution is 5.79. The Bertz CT molecular complexity index is 194. The van der Waals surface area contributed by atoms with Gasteiger partial charge < -0.3 is 19.9 Å². The molecular formula is C11H23NO4. The molecule has 0 aromatic rings. The maximum Gasteiger partial charge on any atom is 0.325 e. The molecule has 0 bridgehead atoms. The molecule has 0 aromatic heterocycles. The number of rotatable bonds is 9. The van der Waals surface area contributed by atoms with Gasteiger partial charge in [-0.2, -0.15) is 0 Å². The summed E-state index contributed by atoms with van der Waals surface area (Å²) in [7, 11) is 1.34. The lowest BCUT2D eigenvalue weighted by molar-refractivity contribution is -0.146. The molecule has 0 heterocycles. The van der Waals surface area contributed by atoms with Crippen LogP contribution in [0.25, 0.3) is 0 Å². The Morgan fingerprint density at radius 3 is 2.44 bits per heavy atom. The fourth-order valence-electron chi connectivity index (χ4n) is 1.24. The van der Waals surface area contributed by atoms with Crippen LogP contribution < -0.4 is 5.73 Å². The minimum Gasteiger partial charge on any atom is -0.468 e. The number of carbonyl (C=O) groups is 1. The van der Waals surface area contributed by atoms with Crippen molar-refractivity contribution in [3.05, 3.63) is 0 Å². The van der Waals surface area contributed by atoms with E-state index >= 15 is 0 Å². The number of nitrogens with two attached hydrogens (primary N) is 1. The Kier molecular flexibility index (Phi) is 8.15. The van der Waals surface area contributed by atoms with Crippen molar-refractivity contribution in [2.24, 2.45) is 5.73 Å². The largest absolute Gasteiger partial charge is 0.468 e. The lowest BCUT2D eigenvalue weighted by Crippen LogP contribution is -2.45. The van der Waals surface area contributed by atoms with E-state index in [1.165, 1.54) is 7.11 Å². The Morgan fingerprint density at radius 1 is 1.25 bits per heavy atom. The number of ether oxygens (including phenoxy) is 3. The number of esters is 1. The Hall–Kier alpha value is -0.650. The van der Waals surface area contributed by atoms with Crippen LogP contribution in [0.15, 0.2) is 0 Å². The summed E-state index contributed by atoms with van der Waals surface area (Å²) in [6, 6.07) is 0. The average Bonchev–Trinajstić information content (AvgIpc) is 2.26. The number of hydrogen-bond donors (Lipinski definition) is 1. The SMILES string of the molecule is CCOCCOCCCC(C)(N)C(=O)OC. The summed E-state index contributed by atoms with van der Waals surface area (Å²) in [5, 5.41) is 0. The van der Waals surface area contributed by atoms with Gasteiger partial charge in [0.25, 0.3) is 0 Å². The van der Waals surface area contributed by atoms with Gasteiger partial charge in [0.05, 0.1) is 20.3 Å². The van der Waals surface area contributed by atoms with Crippen LogP contribution in [0, 0.1) is 0 Å². The Balaban J connectivity index is 3.47. The second kappa shape index (κ2) is 8.50. The second-order valence-electron chi connectivity index (χ2n) is 3.82. The number of methoxy groups -OCH3 is 1. The van der Waals surface area contributed by atoms with E-state index < -0.39 is 5.54 Å². The summed E-state index contributed by atoms with van der Waals surface area (Å²) >= 11 is 0.